The maximum Gasteiger partial charge on any atom is 0.257 e. The number of rotatable bonds is 5. The van der Waals surface area contributed by atoms with Crippen molar-refractivity contribution in [3.05, 3.63) is 45.3 Å². The molecule has 0 spiro atoms. The highest BCUT2D eigenvalue weighted by molar-refractivity contribution is 6.31. The van der Waals surface area contributed by atoms with Crippen LogP contribution in [0.25, 0.3) is 0 Å². The summed E-state index contributed by atoms with van der Waals surface area (Å²) in [6, 6.07) is 3.99. The third kappa shape index (κ3) is 4.07. The summed E-state index contributed by atoms with van der Waals surface area (Å²) in [5.74, 6) is -2.46. The number of carbonyl (C=O) groups excluding carboxylic acids is 1. The molecule has 24 heavy (non-hydrogen) atoms. The van der Waals surface area contributed by atoms with Crippen LogP contribution in [-0.4, -0.2) is 29.1 Å². The Balaban J connectivity index is 2.41. The lowest BCUT2D eigenvalue weighted by atomic mass is 10.1. The number of alkyl halides is 2. The molecule has 0 bridgehead atoms. The highest BCUT2D eigenvalue weighted by Crippen LogP contribution is 2.31. The number of hydrogen-bond acceptors (Lipinski definition) is 4. The minimum Gasteiger partial charge on any atom is -0.434 e. The van der Waals surface area contributed by atoms with Gasteiger partial charge in [-0.15, -0.1) is 10.2 Å². The van der Waals surface area contributed by atoms with Gasteiger partial charge in [-0.3, -0.25) is 4.79 Å². The molecule has 0 fully saturated rings. The van der Waals surface area contributed by atoms with E-state index in [2.05, 4.69) is 10.2 Å². The van der Waals surface area contributed by atoms with Gasteiger partial charge >= 0.3 is 0 Å². The van der Waals surface area contributed by atoms with Crippen LogP contribution >= 0.6 is 23.2 Å². The zero-order valence-electron chi connectivity index (χ0n) is 12.1. The smallest absolute Gasteiger partial charge is 0.257 e. The molecule has 0 saturated carbocycles. The van der Waals surface area contributed by atoms with Crippen LogP contribution in [0, 0.1) is 12.7 Å². The topological polar surface area (TPSA) is 64.1 Å². The molecule has 0 aliphatic carbocycles. The molecule has 1 heterocycles. The predicted octanol–water partition coefficient (Wildman–Crippen LogP) is 4.02. The lowest BCUT2D eigenvalue weighted by molar-refractivity contribution is 0.0887. The lowest BCUT2D eigenvalue weighted by Crippen LogP contribution is -2.29. The highest BCUT2D eigenvalue weighted by atomic mass is 35.5. The van der Waals surface area contributed by atoms with Crippen LogP contribution in [0.4, 0.5) is 13.2 Å². The standard InChI is InChI=1S/C14H10Cl2F3N3O2/c1-6-10(13(23)20-5-9(17)18)14(22-21-12(6)16)24-8-4-2-3-7(15)11(8)19/h2-4,9H,5H2,1H3,(H,20,23). The molecule has 1 amide bonds. The first-order valence-corrected chi connectivity index (χ1v) is 7.27. The normalized spacial score (nSPS) is 10.8. The quantitative estimate of drug-likeness (QED) is 0.851. The first-order chi connectivity index (χ1) is 11.3. The van der Waals surface area contributed by atoms with E-state index in [0.717, 1.165) is 0 Å². The summed E-state index contributed by atoms with van der Waals surface area (Å²) in [6.07, 6.45) is -2.74. The van der Waals surface area contributed by atoms with Crippen molar-refractivity contribution in [3.63, 3.8) is 0 Å². The molecule has 1 aromatic carbocycles. The number of halogens is 5. The minimum absolute atomic E-state index is 0.115. The Kier molecular flexibility index (Phi) is 5.84. The predicted molar refractivity (Wildman–Crippen MR) is 81.6 cm³/mol. The van der Waals surface area contributed by atoms with Crippen LogP contribution in [0.5, 0.6) is 11.6 Å². The van der Waals surface area contributed by atoms with Gasteiger partial charge in [0.1, 0.15) is 5.56 Å². The summed E-state index contributed by atoms with van der Waals surface area (Å²) in [5.41, 5.74) is -0.0779. The molecule has 1 N–H and O–H groups in total. The number of hydrogen-bond donors (Lipinski definition) is 1. The van der Waals surface area contributed by atoms with Gasteiger partial charge < -0.3 is 10.1 Å². The Morgan fingerprint density at radius 2 is 2.04 bits per heavy atom. The summed E-state index contributed by atoms with van der Waals surface area (Å²) >= 11 is 11.4. The second-order valence-corrected chi connectivity index (χ2v) is 5.32. The maximum atomic E-state index is 13.9. The fourth-order valence-electron chi connectivity index (χ4n) is 1.74. The molecule has 5 nitrogen and oxygen atoms in total. The van der Waals surface area contributed by atoms with E-state index in [4.69, 9.17) is 27.9 Å². The van der Waals surface area contributed by atoms with Crippen molar-refractivity contribution >= 4 is 29.1 Å². The van der Waals surface area contributed by atoms with Gasteiger partial charge in [0.2, 0.25) is 0 Å². The summed E-state index contributed by atoms with van der Waals surface area (Å²) in [7, 11) is 0. The summed E-state index contributed by atoms with van der Waals surface area (Å²) < 4.78 is 43.7. The first-order valence-electron chi connectivity index (χ1n) is 6.52. The van der Waals surface area contributed by atoms with Crippen molar-refractivity contribution in [2.24, 2.45) is 0 Å². The van der Waals surface area contributed by atoms with E-state index in [9.17, 15) is 18.0 Å². The Morgan fingerprint density at radius 1 is 1.33 bits per heavy atom. The molecule has 1 aromatic heterocycles. The van der Waals surface area contributed by atoms with Crippen molar-refractivity contribution in [3.8, 4) is 11.6 Å². The number of ether oxygens (including phenoxy) is 1. The maximum absolute atomic E-state index is 13.9. The number of carbonyl (C=O) groups is 1. The van der Waals surface area contributed by atoms with E-state index in [0.29, 0.717) is 0 Å². The molecule has 10 heteroatoms. The molecule has 0 saturated heterocycles. The number of aromatic nitrogens is 2. The van der Waals surface area contributed by atoms with Gasteiger partial charge in [0.25, 0.3) is 18.2 Å². The molecule has 0 unspecified atom stereocenters. The highest BCUT2D eigenvalue weighted by Gasteiger charge is 2.23. The van der Waals surface area contributed by atoms with E-state index in [1.807, 2.05) is 5.32 Å². The van der Waals surface area contributed by atoms with Crippen molar-refractivity contribution in [2.75, 3.05) is 6.54 Å². The van der Waals surface area contributed by atoms with Gasteiger partial charge in [0.05, 0.1) is 11.6 Å². The molecule has 0 radical (unpaired) electrons. The third-order valence-corrected chi connectivity index (χ3v) is 3.54. The van der Waals surface area contributed by atoms with Gasteiger partial charge in [0.15, 0.2) is 16.7 Å². The second-order valence-electron chi connectivity index (χ2n) is 4.55. The zero-order chi connectivity index (χ0) is 17.9. The SMILES string of the molecule is Cc1c(Cl)nnc(Oc2cccc(Cl)c2F)c1C(=O)NCC(F)F. The molecular formula is C14H10Cl2F3N3O2. The Hall–Kier alpha value is -2.06. The average Bonchev–Trinajstić information content (AvgIpc) is 2.53. The van der Waals surface area contributed by atoms with E-state index in [1.165, 1.54) is 25.1 Å². The Bertz CT molecular complexity index is 775. The Morgan fingerprint density at radius 3 is 2.71 bits per heavy atom. The number of amides is 1. The second kappa shape index (κ2) is 7.67. The summed E-state index contributed by atoms with van der Waals surface area (Å²) in [6.45, 7) is 0.554. The van der Waals surface area contributed by atoms with Crippen LogP contribution in [0.2, 0.25) is 10.2 Å². The first kappa shape index (κ1) is 18.3. The van der Waals surface area contributed by atoms with Crippen molar-refractivity contribution in [1.82, 2.24) is 15.5 Å². The van der Waals surface area contributed by atoms with E-state index in [-0.39, 0.29) is 32.9 Å². The largest absolute Gasteiger partial charge is 0.434 e. The fourth-order valence-corrected chi connectivity index (χ4v) is 2.04. The van der Waals surface area contributed by atoms with Crippen molar-refractivity contribution < 1.29 is 22.7 Å². The molecule has 2 rings (SSSR count). The molecule has 128 valence electrons. The molecule has 2 aromatic rings. The van der Waals surface area contributed by atoms with E-state index < -0.39 is 24.7 Å². The number of benzene rings is 1. The monoisotopic (exact) mass is 379 g/mol. The van der Waals surface area contributed by atoms with Crippen LogP contribution in [0.1, 0.15) is 15.9 Å². The number of nitrogens with zero attached hydrogens (tertiary/aromatic N) is 2. The van der Waals surface area contributed by atoms with Gasteiger partial charge in [-0.1, -0.05) is 29.3 Å². The van der Waals surface area contributed by atoms with Gasteiger partial charge in [-0.25, -0.2) is 13.2 Å². The van der Waals surface area contributed by atoms with E-state index >= 15 is 0 Å². The summed E-state index contributed by atoms with van der Waals surface area (Å²) in [4.78, 5) is 12.1. The zero-order valence-corrected chi connectivity index (χ0v) is 13.6. The molecular weight excluding hydrogens is 370 g/mol. The summed E-state index contributed by atoms with van der Waals surface area (Å²) in [5, 5.41) is 8.85. The molecule has 0 atom stereocenters. The number of nitrogens with one attached hydrogen (secondary N) is 1. The Labute approximate surface area is 144 Å². The average molecular weight is 380 g/mol. The minimum atomic E-state index is -2.74. The molecule has 0 aliphatic rings. The van der Waals surface area contributed by atoms with Crippen LogP contribution in [-0.2, 0) is 0 Å². The van der Waals surface area contributed by atoms with E-state index in [1.54, 1.807) is 0 Å². The van der Waals surface area contributed by atoms with Gasteiger partial charge in [-0.2, -0.15) is 0 Å². The fraction of sp³-hybridized carbons (Fsp3) is 0.214. The van der Waals surface area contributed by atoms with Crippen molar-refractivity contribution in [1.29, 1.82) is 0 Å². The lowest BCUT2D eigenvalue weighted by Gasteiger charge is -2.13. The van der Waals surface area contributed by atoms with Crippen molar-refractivity contribution in [2.45, 2.75) is 13.3 Å². The van der Waals surface area contributed by atoms with Crippen LogP contribution in [0.3, 0.4) is 0 Å². The molecule has 0 aliphatic heterocycles. The van der Waals surface area contributed by atoms with Gasteiger partial charge in [-0.05, 0) is 19.1 Å². The van der Waals surface area contributed by atoms with Gasteiger partial charge in [0, 0.05) is 5.56 Å². The van der Waals surface area contributed by atoms with Crippen LogP contribution < -0.4 is 10.1 Å². The third-order valence-electron chi connectivity index (χ3n) is 2.89. The van der Waals surface area contributed by atoms with Crippen LogP contribution in [0.15, 0.2) is 18.2 Å².